The molecule has 0 saturated carbocycles. The lowest BCUT2D eigenvalue weighted by Gasteiger charge is -2.30. The zero-order valence-electron chi connectivity index (χ0n) is 9.20. The topological polar surface area (TPSA) is 66.8 Å². The van der Waals surface area contributed by atoms with Gasteiger partial charge in [0.1, 0.15) is 6.10 Å². The zero-order valence-corrected chi connectivity index (χ0v) is 9.20. The molecular weight excluding hydrogens is 222 g/mol. The fourth-order valence-corrected chi connectivity index (χ4v) is 1.77. The second-order valence-corrected chi connectivity index (χ2v) is 3.82. The van der Waals surface area contributed by atoms with Gasteiger partial charge in [-0.3, -0.25) is 4.79 Å². The Morgan fingerprint density at radius 3 is 2.65 bits per heavy atom. The van der Waals surface area contributed by atoms with Crippen LogP contribution in [0.2, 0.25) is 0 Å². The van der Waals surface area contributed by atoms with Gasteiger partial charge in [0.2, 0.25) is 0 Å². The van der Waals surface area contributed by atoms with Crippen LogP contribution in [0.1, 0.15) is 10.4 Å². The van der Waals surface area contributed by atoms with Crippen molar-refractivity contribution in [3.05, 3.63) is 35.9 Å². The molecule has 1 saturated heterocycles. The Hall–Kier alpha value is -1.88. The lowest BCUT2D eigenvalue weighted by atomic mass is 10.1. The zero-order chi connectivity index (χ0) is 12.3. The Morgan fingerprint density at radius 1 is 1.29 bits per heavy atom. The fraction of sp³-hybridized carbons (Fsp3) is 0.333. The molecule has 90 valence electrons. The average molecular weight is 235 g/mol. The molecule has 5 nitrogen and oxygen atoms in total. The number of ketones is 1. The summed E-state index contributed by atoms with van der Waals surface area (Å²) in [5.74, 6) is -0.170. The Balaban J connectivity index is 2.07. The number of morpholine rings is 1. The minimum absolute atomic E-state index is 0.100. The van der Waals surface area contributed by atoms with E-state index in [0.717, 1.165) is 0 Å². The number of hydrogen-bond donors (Lipinski definition) is 1. The van der Waals surface area contributed by atoms with Crippen LogP contribution in [0.4, 0.5) is 4.79 Å². The Labute approximate surface area is 98.6 Å². The highest BCUT2D eigenvalue weighted by molar-refractivity contribution is 5.99. The summed E-state index contributed by atoms with van der Waals surface area (Å²) in [4.78, 5) is 24.0. The predicted octanol–water partition coefficient (Wildman–Crippen LogP) is 1.25. The van der Waals surface area contributed by atoms with E-state index in [2.05, 4.69) is 0 Å². The highest BCUT2D eigenvalue weighted by atomic mass is 16.5. The van der Waals surface area contributed by atoms with Gasteiger partial charge in [0.15, 0.2) is 5.78 Å². The predicted molar refractivity (Wildman–Crippen MR) is 60.1 cm³/mol. The van der Waals surface area contributed by atoms with Crippen LogP contribution in [-0.4, -0.2) is 47.7 Å². The standard InChI is InChI=1S/C12H13NO4/c14-11(9-4-2-1-3-5-9)10-8-13(12(15)16)6-7-17-10/h1-5,10H,6-8H2,(H,15,16). The lowest BCUT2D eigenvalue weighted by Crippen LogP contribution is -2.48. The average Bonchev–Trinajstić information content (AvgIpc) is 2.39. The summed E-state index contributed by atoms with van der Waals surface area (Å²) in [6.45, 7) is 0.673. The van der Waals surface area contributed by atoms with Crippen molar-refractivity contribution in [2.75, 3.05) is 19.7 Å². The van der Waals surface area contributed by atoms with Crippen LogP contribution in [0.5, 0.6) is 0 Å². The maximum Gasteiger partial charge on any atom is 0.407 e. The highest BCUT2D eigenvalue weighted by Gasteiger charge is 2.29. The molecule has 0 aliphatic carbocycles. The van der Waals surface area contributed by atoms with Crippen LogP contribution in [-0.2, 0) is 4.74 Å². The van der Waals surface area contributed by atoms with Crippen molar-refractivity contribution in [2.24, 2.45) is 0 Å². The van der Waals surface area contributed by atoms with Gasteiger partial charge < -0.3 is 14.7 Å². The maximum atomic E-state index is 12.0. The number of carbonyl (C=O) groups is 2. The second kappa shape index (κ2) is 4.97. The van der Waals surface area contributed by atoms with Crippen LogP contribution in [0.15, 0.2) is 30.3 Å². The molecule has 1 atom stereocenters. The number of Topliss-reactive ketones (excluding diaryl/α,β-unsaturated/α-hetero) is 1. The quantitative estimate of drug-likeness (QED) is 0.783. The van der Waals surface area contributed by atoms with E-state index < -0.39 is 12.2 Å². The number of benzene rings is 1. The molecule has 17 heavy (non-hydrogen) atoms. The third-order valence-corrected chi connectivity index (χ3v) is 2.69. The molecular formula is C12H13NO4. The van der Waals surface area contributed by atoms with Crippen LogP contribution in [0.3, 0.4) is 0 Å². The fourth-order valence-electron chi connectivity index (χ4n) is 1.77. The van der Waals surface area contributed by atoms with Crippen molar-refractivity contribution in [2.45, 2.75) is 6.10 Å². The van der Waals surface area contributed by atoms with E-state index in [1.54, 1.807) is 24.3 Å². The molecule has 5 heteroatoms. The molecule has 1 fully saturated rings. The summed E-state index contributed by atoms with van der Waals surface area (Å²) in [5, 5.41) is 8.87. The first kappa shape index (κ1) is 11.6. The van der Waals surface area contributed by atoms with Crippen molar-refractivity contribution >= 4 is 11.9 Å². The Bertz CT molecular complexity index is 418. The van der Waals surface area contributed by atoms with Gasteiger partial charge in [-0.25, -0.2) is 4.79 Å². The number of hydrogen-bond acceptors (Lipinski definition) is 3. The van der Waals surface area contributed by atoms with Gasteiger partial charge in [-0.05, 0) is 0 Å². The van der Waals surface area contributed by atoms with E-state index in [0.29, 0.717) is 12.1 Å². The van der Waals surface area contributed by atoms with Gasteiger partial charge in [-0.2, -0.15) is 0 Å². The molecule has 1 heterocycles. The number of nitrogens with zero attached hydrogens (tertiary/aromatic N) is 1. The van der Waals surface area contributed by atoms with Crippen molar-refractivity contribution < 1.29 is 19.4 Å². The largest absolute Gasteiger partial charge is 0.465 e. The first-order valence-corrected chi connectivity index (χ1v) is 5.37. The molecule has 0 aromatic heterocycles. The summed E-state index contributed by atoms with van der Waals surface area (Å²) < 4.78 is 5.32. The lowest BCUT2D eigenvalue weighted by molar-refractivity contribution is -0.0111. The second-order valence-electron chi connectivity index (χ2n) is 3.82. The van der Waals surface area contributed by atoms with Gasteiger partial charge in [0, 0.05) is 12.1 Å². The number of ether oxygens (including phenoxy) is 1. The minimum atomic E-state index is -1.01. The summed E-state index contributed by atoms with van der Waals surface area (Å²) in [6, 6.07) is 8.76. The Kier molecular flexibility index (Phi) is 3.39. The van der Waals surface area contributed by atoms with Crippen LogP contribution < -0.4 is 0 Å². The molecule has 1 unspecified atom stereocenters. The monoisotopic (exact) mass is 235 g/mol. The van der Waals surface area contributed by atoms with Gasteiger partial charge in [-0.15, -0.1) is 0 Å². The number of carboxylic acid groups (broad SMARTS) is 1. The molecule has 2 rings (SSSR count). The van der Waals surface area contributed by atoms with E-state index in [1.807, 2.05) is 6.07 Å². The van der Waals surface area contributed by atoms with Crippen molar-refractivity contribution in [1.82, 2.24) is 4.90 Å². The summed E-state index contributed by atoms with van der Waals surface area (Å²) in [5.41, 5.74) is 0.546. The number of carbonyl (C=O) groups excluding carboxylic acids is 1. The van der Waals surface area contributed by atoms with E-state index in [9.17, 15) is 9.59 Å². The van der Waals surface area contributed by atoms with Crippen molar-refractivity contribution in [3.63, 3.8) is 0 Å². The molecule has 1 aromatic carbocycles. The number of amides is 1. The van der Waals surface area contributed by atoms with Gasteiger partial charge in [0.25, 0.3) is 0 Å². The third-order valence-electron chi connectivity index (χ3n) is 2.69. The van der Waals surface area contributed by atoms with Gasteiger partial charge >= 0.3 is 6.09 Å². The van der Waals surface area contributed by atoms with E-state index >= 15 is 0 Å². The highest BCUT2D eigenvalue weighted by Crippen LogP contribution is 2.11. The summed E-state index contributed by atoms with van der Waals surface area (Å²) >= 11 is 0. The molecule has 1 aliphatic heterocycles. The molecule has 0 radical (unpaired) electrons. The van der Waals surface area contributed by atoms with E-state index in [1.165, 1.54) is 4.90 Å². The van der Waals surface area contributed by atoms with Crippen LogP contribution in [0, 0.1) is 0 Å². The first-order valence-electron chi connectivity index (χ1n) is 5.37. The van der Waals surface area contributed by atoms with Gasteiger partial charge in [-0.1, -0.05) is 30.3 Å². The summed E-state index contributed by atoms with van der Waals surface area (Å²) in [7, 11) is 0. The molecule has 0 bridgehead atoms. The smallest absolute Gasteiger partial charge is 0.407 e. The first-order chi connectivity index (χ1) is 8.18. The third kappa shape index (κ3) is 2.62. The van der Waals surface area contributed by atoms with Gasteiger partial charge in [0.05, 0.1) is 13.2 Å². The van der Waals surface area contributed by atoms with Crippen molar-refractivity contribution in [3.8, 4) is 0 Å². The van der Waals surface area contributed by atoms with Crippen molar-refractivity contribution in [1.29, 1.82) is 0 Å². The van der Waals surface area contributed by atoms with E-state index in [-0.39, 0.29) is 18.9 Å². The molecule has 1 N–H and O–H groups in total. The van der Waals surface area contributed by atoms with E-state index in [4.69, 9.17) is 9.84 Å². The molecule has 1 amide bonds. The molecule has 1 aliphatic rings. The number of rotatable bonds is 2. The van der Waals surface area contributed by atoms with Crippen LogP contribution >= 0.6 is 0 Å². The Morgan fingerprint density at radius 2 is 2.00 bits per heavy atom. The maximum absolute atomic E-state index is 12.0. The SMILES string of the molecule is O=C(c1ccccc1)C1CN(C(=O)O)CCO1. The molecule has 1 aromatic rings. The van der Waals surface area contributed by atoms with Crippen LogP contribution in [0.25, 0.3) is 0 Å². The molecule has 0 spiro atoms. The minimum Gasteiger partial charge on any atom is -0.465 e. The normalized spacial score (nSPS) is 20.0. The summed E-state index contributed by atoms with van der Waals surface area (Å²) in [6.07, 6.45) is -1.71.